The number of methoxy groups -OCH3 is 2. The topological polar surface area (TPSA) is 64.8 Å². The smallest absolute Gasteiger partial charge is 0.226 e. The molecule has 0 N–H and O–H groups in total. The fourth-order valence-corrected chi connectivity index (χ4v) is 4.63. The fraction of sp³-hybridized carbons (Fsp3) is 0.565. The van der Waals surface area contributed by atoms with Crippen LogP contribution in [0.25, 0.3) is 0 Å². The Bertz CT molecular complexity index is 881. The van der Waals surface area contributed by atoms with Gasteiger partial charge in [0, 0.05) is 18.0 Å². The number of benzene rings is 1. The first-order valence-electron chi connectivity index (χ1n) is 10.5. The predicted octanol–water partition coefficient (Wildman–Crippen LogP) is 4.17. The quantitative estimate of drug-likeness (QED) is 0.731. The maximum Gasteiger partial charge on any atom is 0.226 e. The van der Waals surface area contributed by atoms with Crippen LogP contribution in [-0.2, 0) is 17.6 Å². The van der Waals surface area contributed by atoms with Crippen LogP contribution in [0, 0.1) is 19.8 Å². The van der Waals surface area contributed by atoms with Crippen molar-refractivity contribution in [3.63, 3.8) is 0 Å². The van der Waals surface area contributed by atoms with E-state index < -0.39 is 0 Å². The van der Waals surface area contributed by atoms with Crippen molar-refractivity contribution in [2.75, 3.05) is 20.8 Å². The van der Waals surface area contributed by atoms with E-state index >= 15 is 0 Å². The number of ether oxygens (including phenoxy) is 2. The van der Waals surface area contributed by atoms with Gasteiger partial charge in [-0.25, -0.2) is 0 Å². The molecule has 1 aromatic carbocycles. The van der Waals surface area contributed by atoms with Gasteiger partial charge in [-0.2, -0.15) is 0 Å². The number of nitrogens with zero attached hydrogens (tertiary/aromatic N) is 2. The Morgan fingerprint density at radius 2 is 1.93 bits per heavy atom. The summed E-state index contributed by atoms with van der Waals surface area (Å²) in [7, 11) is 3.32. The third-order valence-electron chi connectivity index (χ3n) is 6.59. The summed E-state index contributed by atoms with van der Waals surface area (Å²) in [5, 5.41) is 4.09. The van der Waals surface area contributed by atoms with Crippen LogP contribution in [0.1, 0.15) is 59.9 Å². The van der Waals surface area contributed by atoms with Gasteiger partial charge in [-0.3, -0.25) is 4.79 Å². The normalized spacial score (nSPS) is 18.9. The average Bonchev–Trinajstić information content (AvgIpc) is 3.01. The molecular weight excluding hydrogens is 368 g/mol. The van der Waals surface area contributed by atoms with Gasteiger partial charge in [0.2, 0.25) is 5.91 Å². The Morgan fingerprint density at radius 3 is 2.52 bits per heavy atom. The predicted molar refractivity (Wildman–Crippen MR) is 109 cm³/mol. The molecule has 1 atom stereocenters. The molecule has 0 spiro atoms. The van der Waals surface area contributed by atoms with E-state index in [1.807, 2.05) is 13.8 Å². The molecule has 2 aliphatic rings. The molecular formula is C23H30N2O4. The third kappa shape index (κ3) is 3.61. The van der Waals surface area contributed by atoms with Gasteiger partial charge in [-0.15, -0.1) is 0 Å². The van der Waals surface area contributed by atoms with E-state index in [9.17, 15) is 4.79 Å². The highest BCUT2D eigenvalue weighted by molar-refractivity contribution is 5.80. The zero-order chi connectivity index (χ0) is 20.5. The summed E-state index contributed by atoms with van der Waals surface area (Å²) >= 11 is 0. The van der Waals surface area contributed by atoms with Crippen LogP contribution in [-0.4, -0.2) is 36.7 Å². The average molecular weight is 399 g/mol. The molecule has 2 aromatic rings. The molecule has 1 amide bonds. The Morgan fingerprint density at radius 1 is 1.21 bits per heavy atom. The van der Waals surface area contributed by atoms with Gasteiger partial charge in [-0.1, -0.05) is 11.6 Å². The van der Waals surface area contributed by atoms with Gasteiger partial charge in [0.1, 0.15) is 5.76 Å². The number of carbonyl (C=O) groups is 1. The van der Waals surface area contributed by atoms with Crippen molar-refractivity contribution >= 4 is 5.91 Å². The van der Waals surface area contributed by atoms with Crippen LogP contribution < -0.4 is 9.47 Å². The van der Waals surface area contributed by atoms with E-state index in [1.54, 1.807) is 14.2 Å². The van der Waals surface area contributed by atoms with E-state index in [2.05, 4.69) is 22.2 Å². The van der Waals surface area contributed by atoms with Gasteiger partial charge in [0.25, 0.3) is 0 Å². The molecule has 1 aromatic heterocycles. The van der Waals surface area contributed by atoms with E-state index in [1.165, 1.54) is 11.1 Å². The van der Waals surface area contributed by atoms with Crippen molar-refractivity contribution in [3.8, 4) is 11.5 Å². The molecule has 6 heteroatoms. The minimum absolute atomic E-state index is 0.0281. The monoisotopic (exact) mass is 398 g/mol. The zero-order valence-corrected chi connectivity index (χ0v) is 17.8. The van der Waals surface area contributed by atoms with Crippen LogP contribution in [0.5, 0.6) is 11.5 Å². The van der Waals surface area contributed by atoms with Crippen molar-refractivity contribution in [2.24, 2.45) is 5.92 Å². The molecule has 1 fully saturated rings. The Balaban J connectivity index is 1.68. The molecule has 1 saturated carbocycles. The van der Waals surface area contributed by atoms with Crippen molar-refractivity contribution in [3.05, 3.63) is 40.3 Å². The van der Waals surface area contributed by atoms with Gasteiger partial charge in [-0.05, 0) is 69.2 Å². The molecule has 0 bridgehead atoms. The molecule has 1 aliphatic heterocycles. The number of amides is 1. The zero-order valence-electron chi connectivity index (χ0n) is 17.8. The van der Waals surface area contributed by atoms with Crippen molar-refractivity contribution in [1.29, 1.82) is 0 Å². The summed E-state index contributed by atoms with van der Waals surface area (Å²) in [6.45, 7) is 4.69. The first-order chi connectivity index (χ1) is 14.0. The summed E-state index contributed by atoms with van der Waals surface area (Å²) in [6, 6.07) is 4.16. The lowest BCUT2D eigenvalue weighted by atomic mass is 9.81. The first-order valence-corrected chi connectivity index (χ1v) is 10.5. The molecule has 1 aliphatic carbocycles. The second-order valence-corrected chi connectivity index (χ2v) is 8.17. The molecule has 0 radical (unpaired) electrons. The van der Waals surface area contributed by atoms with E-state index in [0.717, 1.165) is 67.8 Å². The first kappa shape index (κ1) is 19.8. The van der Waals surface area contributed by atoms with Gasteiger partial charge in [0.05, 0.1) is 26.0 Å². The van der Waals surface area contributed by atoms with Crippen LogP contribution in [0.3, 0.4) is 0 Å². The SMILES string of the molecule is COc1cc2c(cc1OC)C(CCc1c(C)noc1C)N(C(=O)C1CCC1)CC2. The van der Waals surface area contributed by atoms with E-state index in [4.69, 9.17) is 14.0 Å². The fourth-order valence-electron chi connectivity index (χ4n) is 4.63. The van der Waals surface area contributed by atoms with Gasteiger partial charge in [0.15, 0.2) is 11.5 Å². The lowest BCUT2D eigenvalue weighted by Crippen LogP contribution is -2.45. The molecule has 2 heterocycles. The number of aryl methyl sites for hydroxylation is 2. The standard InChI is InChI=1S/C23H30N2O4/c1-14-18(15(2)29-24-14)8-9-20-19-13-22(28-4)21(27-3)12-17(19)10-11-25(20)23(26)16-6-5-7-16/h12-13,16,20H,5-11H2,1-4H3. The summed E-state index contributed by atoms with van der Waals surface area (Å²) in [5.41, 5.74) is 4.49. The number of carbonyl (C=O) groups excluding carboxylic acids is 1. The maximum absolute atomic E-state index is 13.2. The Hall–Kier alpha value is -2.50. The van der Waals surface area contributed by atoms with E-state index in [-0.39, 0.29) is 12.0 Å². The third-order valence-corrected chi connectivity index (χ3v) is 6.59. The molecule has 6 nitrogen and oxygen atoms in total. The molecule has 1 unspecified atom stereocenters. The number of hydrogen-bond donors (Lipinski definition) is 0. The summed E-state index contributed by atoms with van der Waals surface area (Å²) in [4.78, 5) is 15.3. The molecule has 29 heavy (non-hydrogen) atoms. The Kier molecular flexibility index (Phi) is 5.52. The largest absolute Gasteiger partial charge is 0.493 e. The summed E-state index contributed by atoms with van der Waals surface area (Å²) in [5.74, 6) is 2.82. The van der Waals surface area contributed by atoms with Crippen LogP contribution in [0.4, 0.5) is 0 Å². The highest BCUT2D eigenvalue weighted by Crippen LogP contribution is 2.42. The lowest BCUT2D eigenvalue weighted by molar-refractivity contribution is -0.141. The van der Waals surface area contributed by atoms with Gasteiger partial charge >= 0.3 is 0 Å². The second kappa shape index (κ2) is 8.09. The highest BCUT2D eigenvalue weighted by atomic mass is 16.5. The maximum atomic E-state index is 13.2. The molecule has 4 rings (SSSR count). The van der Waals surface area contributed by atoms with Crippen molar-refractivity contribution in [1.82, 2.24) is 10.1 Å². The Labute approximate surface area is 172 Å². The lowest BCUT2D eigenvalue weighted by Gasteiger charge is -2.41. The van der Waals surface area contributed by atoms with E-state index in [0.29, 0.717) is 11.7 Å². The minimum Gasteiger partial charge on any atom is -0.493 e. The number of hydrogen-bond acceptors (Lipinski definition) is 5. The van der Waals surface area contributed by atoms with Crippen LogP contribution >= 0.6 is 0 Å². The molecule has 0 saturated heterocycles. The van der Waals surface area contributed by atoms with Crippen molar-refractivity contribution in [2.45, 2.75) is 58.4 Å². The number of fused-ring (bicyclic) bond motifs is 1. The van der Waals surface area contributed by atoms with Crippen LogP contribution in [0.15, 0.2) is 16.7 Å². The van der Waals surface area contributed by atoms with Crippen LogP contribution in [0.2, 0.25) is 0 Å². The molecule has 156 valence electrons. The minimum atomic E-state index is 0.0281. The number of rotatable bonds is 6. The second-order valence-electron chi connectivity index (χ2n) is 8.17. The summed E-state index contributed by atoms with van der Waals surface area (Å²) < 4.78 is 16.4. The summed E-state index contributed by atoms with van der Waals surface area (Å²) in [6.07, 6.45) is 5.71. The number of aromatic nitrogens is 1. The highest BCUT2D eigenvalue weighted by Gasteiger charge is 2.37. The van der Waals surface area contributed by atoms with Crippen molar-refractivity contribution < 1.29 is 18.8 Å². The van der Waals surface area contributed by atoms with Gasteiger partial charge < -0.3 is 18.9 Å².